The molecule has 0 saturated carbocycles. The number of anilines is 1. The van der Waals surface area contributed by atoms with Crippen molar-refractivity contribution in [1.82, 2.24) is 4.90 Å². The minimum absolute atomic E-state index is 0.232. The first kappa shape index (κ1) is 17.6. The van der Waals surface area contributed by atoms with Crippen LogP contribution in [0.3, 0.4) is 0 Å². The van der Waals surface area contributed by atoms with E-state index in [1.165, 1.54) is 35.6 Å². The van der Waals surface area contributed by atoms with Crippen LogP contribution in [0, 0.1) is 11.7 Å². The number of nitrogens with zero attached hydrogens (tertiary/aromatic N) is 1. The van der Waals surface area contributed by atoms with Crippen molar-refractivity contribution in [3.63, 3.8) is 0 Å². The maximum atomic E-state index is 12.9. The van der Waals surface area contributed by atoms with Crippen LogP contribution in [0.1, 0.15) is 28.8 Å². The number of aliphatic carboxylic acids is 1. The lowest BCUT2D eigenvalue weighted by Crippen LogP contribution is -2.35. The molecule has 1 fully saturated rings. The Morgan fingerprint density at radius 2 is 1.92 bits per heavy atom. The molecule has 1 amide bonds. The van der Waals surface area contributed by atoms with Crippen LogP contribution in [-0.2, 0) is 11.3 Å². The molecule has 1 saturated heterocycles. The molecule has 25 heavy (non-hydrogen) atoms. The molecule has 0 unspecified atom stereocenters. The lowest BCUT2D eigenvalue weighted by Gasteiger charge is -2.29. The number of benzene rings is 1. The van der Waals surface area contributed by atoms with E-state index in [1.54, 1.807) is 0 Å². The van der Waals surface area contributed by atoms with Gasteiger partial charge in [0, 0.05) is 12.1 Å². The Morgan fingerprint density at radius 3 is 2.56 bits per heavy atom. The van der Waals surface area contributed by atoms with Gasteiger partial charge in [0.25, 0.3) is 5.91 Å². The van der Waals surface area contributed by atoms with E-state index in [2.05, 4.69) is 10.2 Å². The molecule has 2 N–H and O–H groups in total. The molecular formula is C18H19FN2O3S. The number of carbonyl (C=O) groups is 2. The average Bonchev–Trinajstić information content (AvgIpc) is 3.02. The van der Waals surface area contributed by atoms with Crippen LogP contribution in [0.25, 0.3) is 0 Å². The number of halogens is 1. The molecule has 0 spiro atoms. The number of carboxylic acid groups (broad SMARTS) is 1. The first-order chi connectivity index (χ1) is 12.0. The third kappa shape index (κ3) is 4.64. The van der Waals surface area contributed by atoms with Gasteiger partial charge in [-0.15, -0.1) is 11.3 Å². The van der Waals surface area contributed by atoms with Crippen molar-refractivity contribution in [3.05, 3.63) is 52.7 Å². The Kier molecular flexibility index (Phi) is 5.45. The molecule has 2 heterocycles. The van der Waals surface area contributed by atoms with Gasteiger partial charge in [0.05, 0.1) is 10.9 Å². The van der Waals surface area contributed by atoms with Gasteiger partial charge in [-0.1, -0.05) is 0 Å². The molecule has 5 nitrogen and oxygen atoms in total. The van der Waals surface area contributed by atoms with Crippen LogP contribution in [0.5, 0.6) is 0 Å². The first-order valence-electron chi connectivity index (χ1n) is 8.11. The summed E-state index contributed by atoms with van der Waals surface area (Å²) in [5, 5.41) is 14.6. The van der Waals surface area contributed by atoms with Crippen molar-refractivity contribution in [2.75, 3.05) is 18.4 Å². The summed E-state index contributed by atoms with van der Waals surface area (Å²) >= 11 is 1.44. The van der Waals surface area contributed by atoms with E-state index in [4.69, 9.17) is 5.11 Å². The van der Waals surface area contributed by atoms with Gasteiger partial charge in [0.1, 0.15) is 5.82 Å². The van der Waals surface area contributed by atoms with Gasteiger partial charge < -0.3 is 10.4 Å². The highest BCUT2D eigenvalue weighted by Crippen LogP contribution is 2.24. The summed E-state index contributed by atoms with van der Waals surface area (Å²) in [5.41, 5.74) is 1.50. The minimum atomic E-state index is -0.707. The molecule has 0 radical (unpaired) electrons. The van der Waals surface area contributed by atoms with E-state index < -0.39 is 5.97 Å². The van der Waals surface area contributed by atoms with Crippen molar-refractivity contribution in [2.24, 2.45) is 5.92 Å². The predicted molar refractivity (Wildman–Crippen MR) is 94.3 cm³/mol. The second-order valence-corrected chi connectivity index (χ2v) is 7.08. The molecule has 0 atom stereocenters. The number of thiophene rings is 1. The Bertz CT molecular complexity index is 752. The maximum Gasteiger partial charge on any atom is 0.306 e. The minimum Gasteiger partial charge on any atom is -0.481 e. The van der Waals surface area contributed by atoms with Gasteiger partial charge in [-0.3, -0.25) is 14.5 Å². The van der Waals surface area contributed by atoms with Gasteiger partial charge in [-0.2, -0.15) is 0 Å². The summed E-state index contributed by atoms with van der Waals surface area (Å²) in [6.07, 6.45) is 1.35. The van der Waals surface area contributed by atoms with Crippen molar-refractivity contribution in [2.45, 2.75) is 19.4 Å². The third-order valence-electron chi connectivity index (χ3n) is 4.34. The summed E-state index contributed by atoms with van der Waals surface area (Å²) in [4.78, 5) is 25.3. The van der Waals surface area contributed by atoms with E-state index in [0.717, 1.165) is 30.2 Å². The zero-order valence-electron chi connectivity index (χ0n) is 13.6. The average molecular weight is 362 g/mol. The Morgan fingerprint density at radius 1 is 1.24 bits per heavy atom. The number of amides is 1. The number of hydrogen-bond acceptors (Lipinski definition) is 4. The van der Waals surface area contributed by atoms with Crippen LogP contribution in [0.2, 0.25) is 0 Å². The number of rotatable bonds is 5. The van der Waals surface area contributed by atoms with Crippen molar-refractivity contribution in [1.29, 1.82) is 0 Å². The standard InChI is InChI=1S/C18H19FN2O3S/c19-15-3-1-13(2-4-15)17(22)20-16-9-12(11-25-16)10-21-7-5-14(6-8-21)18(23)24/h1-4,9,11,14H,5-8,10H2,(H,20,22)(H,23,24). The van der Waals surface area contributed by atoms with E-state index >= 15 is 0 Å². The highest BCUT2D eigenvalue weighted by molar-refractivity contribution is 7.14. The predicted octanol–water partition coefficient (Wildman–Crippen LogP) is 3.44. The lowest BCUT2D eigenvalue weighted by molar-refractivity contribution is -0.143. The maximum absolute atomic E-state index is 12.9. The number of carbonyl (C=O) groups excluding carboxylic acids is 1. The number of carboxylic acids is 1. The second kappa shape index (κ2) is 7.76. The van der Waals surface area contributed by atoms with Gasteiger partial charge in [-0.05, 0) is 67.2 Å². The monoisotopic (exact) mass is 362 g/mol. The zero-order chi connectivity index (χ0) is 17.8. The largest absolute Gasteiger partial charge is 0.481 e. The fourth-order valence-electron chi connectivity index (χ4n) is 2.91. The van der Waals surface area contributed by atoms with Crippen molar-refractivity contribution >= 4 is 28.2 Å². The summed E-state index contributed by atoms with van der Waals surface area (Å²) in [7, 11) is 0. The van der Waals surface area contributed by atoms with Crippen LogP contribution in [0.15, 0.2) is 35.7 Å². The Labute approximate surface area is 149 Å². The fourth-order valence-corrected chi connectivity index (χ4v) is 3.70. The summed E-state index contributed by atoms with van der Waals surface area (Å²) in [6.45, 7) is 2.28. The number of piperidine rings is 1. The molecule has 0 bridgehead atoms. The van der Waals surface area contributed by atoms with E-state index in [0.29, 0.717) is 18.4 Å². The summed E-state index contributed by atoms with van der Waals surface area (Å²) in [6, 6.07) is 7.35. The van der Waals surface area contributed by atoms with Crippen LogP contribution >= 0.6 is 11.3 Å². The first-order valence-corrected chi connectivity index (χ1v) is 8.99. The Hall–Kier alpha value is -2.25. The molecule has 1 aromatic carbocycles. The molecular weight excluding hydrogens is 343 g/mol. The number of nitrogens with one attached hydrogen (secondary N) is 1. The molecule has 132 valence electrons. The number of likely N-dealkylation sites (tertiary alicyclic amines) is 1. The van der Waals surface area contributed by atoms with E-state index in [9.17, 15) is 14.0 Å². The highest BCUT2D eigenvalue weighted by atomic mass is 32.1. The van der Waals surface area contributed by atoms with Gasteiger partial charge in [0.2, 0.25) is 0 Å². The van der Waals surface area contributed by atoms with Gasteiger partial charge in [-0.25, -0.2) is 4.39 Å². The van der Waals surface area contributed by atoms with Crippen molar-refractivity contribution in [3.8, 4) is 0 Å². The third-order valence-corrected chi connectivity index (χ3v) is 5.23. The van der Waals surface area contributed by atoms with E-state index in [-0.39, 0.29) is 17.6 Å². The lowest BCUT2D eigenvalue weighted by atomic mass is 9.97. The molecule has 3 rings (SSSR count). The molecule has 1 aromatic heterocycles. The molecule has 7 heteroatoms. The molecule has 1 aliphatic heterocycles. The zero-order valence-corrected chi connectivity index (χ0v) is 14.4. The normalized spacial score (nSPS) is 15.9. The molecule has 0 aliphatic carbocycles. The van der Waals surface area contributed by atoms with E-state index in [1.807, 2.05) is 11.4 Å². The fraction of sp³-hybridized carbons (Fsp3) is 0.333. The summed E-state index contributed by atoms with van der Waals surface area (Å²) in [5.74, 6) is -1.58. The number of hydrogen-bond donors (Lipinski definition) is 2. The van der Waals surface area contributed by atoms with Crippen molar-refractivity contribution < 1.29 is 19.1 Å². The molecule has 1 aliphatic rings. The second-order valence-electron chi connectivity index (χ2n) is 6.17. The van der Waals surface area contributed by atoms with Gasteiger partial charge >= 0.3 is 5.97 Å². The van der Waals surface area contributed by atoms with Crippen LogP contribution in [-0.4, -0.2) is 35.0 Å². The quantitative estimate of drug-likeness (QED) is 0.855. The van der Waals surface area contributed by atoms with Crippen LogP contribution < -0.4 is 5.32 Å². The Balaban J connectivity index is 1.53. The van der Waals surface area contributed by atoms with Gasteiger partial charge in [0.15, 0.2) is 0 Å². The highest BCUT2D eigenvalue weighted by Gasteiger charge is 2.24. The smallest absolute Gasteiger partial charge is 0.306 e. The SMILES string of the molecule is O=C(Nc1cc(CN2CCC(C(=O)O)CC2)cs1)c1ccc(F)cc1. The van der Waals surface area contributed by atoms with Crippen LogP contribution in [0.4, 0.5) is 9.39 Å². The topological polar surface area (TPSA) is 69.6 Å². The summed E-state index contributed by atoms with van der Waals surface area (Å²) < 4.78 is 12.9. The molecule has 2 aromatic rings.